The van der Waals surface area contributed by atoms with Crippen LogP contribution in [0.5, 0.6) is 0 Å². The molecule has 3 rings (SSSR count). The third kappa shape index (κ3) is 4.21. The number of hydrogen-bond acceptors (Lipinski definition) is 2. The summed E-state index contributed by atoms with van der Waals surface area (Å²) in [6.45, 7) is 7.32. The number of nitrogens with one attached hydrogen (secondary N) is 1. The minimum absolute atomic E-state index is 0.453. The van der Waals surface area contributed by atoms with Gasteiger partial charge in [-0.15, -0.1) is 0 Å². The molecule has 0 amide bonds. The Morgan fingerprint density at radius 3 is 2.76 bits per heavy atom. The maximum absolute atomic E-state index is 4.49. The lowest BCUT2D eigenvalue weighted by Gasteiger charge is -2.23. The summed E-state index contributed by atoms with van der Waals surface area (Å²) < 4.78 is 1.88. The van der Waals surface area contributed by atoms with Gasteiger partial charge in [0, 0.05) is 45.8 Å². The molecule has 0 spiro atoms. The fourth-order valence-corrected chi connectivity index (χ4v) is 3.47. The molecule has 5 nitrogen and oxygen atoms in total. The third-order valence-corrected chi connectivity index (χ3v) is 5.11. The van der Waals surface area contributed by atoms with Gasteiger partial charge >= 0.3 is 0 Å². The molecule has 1 aromatic heterocycles. The highest BCUT2D eigenvalue weighted by Crippen LogP contribution is 2.26. The van der Waals surface area contributed by atoms with E-state index in [-0.39, 0.29) is 0 Å². The fraction of sp³-hybridized carbons (Fsp3) is 0.500. The number of aryl methyl sites for hydroxylation is 2. The first-order valence-electron chi connectivity index (χ1n) is 9.07. The van der Waals surface area contributed by atoms with Crippen molar-refractivity contribution in [1.82, 2.24) is 20.0 Å². The van der Waals surface area contributed by atoms with Crippen LogP contribution >= 0.6 is 0 Å². The van der Waals surface area contributed by atoms with Crippen LogP contribution in [0.25, 0.3) is 0 Å². The van der Waals surface area contributed by atoms with Crippen molar-refractivity contribution in [1.29, 1.82) is 0 Å². The summed E-state index contributed by atoms with van der Waals surface area (Å²) in [7, 11) is 3.85. The second kappa shape index (κ2) is 7.72. The van der Waals surface area contributed by atoms with E-state index in [2.05, 4.69) is 64.6 Å². The van der Waals surface area contributed by atoms with E-state index in [1.807, 2.05) is 25.0 Å². The molecule has 2 atom stereocenters. The Morgan fingerprint density at radius 1 is 1.36 bits per heavy atom. The van der Waals surface area contributed by atoms with Gasteiger partial charge in [-0.2, -0.15) is 5.10 Å². The summed E-state index contributed by atoms with van der Waals surface area (Å²) in [6, 6.07) is 8.80. The van der Waals surface area contributed by atoms with Crippen LogP contribution in [0.2, 0.25) is 0 Å². The van der Waals surface area contributed by atoms with Crippen LogP contribution in [0.15, 0.2) is 41.7 Å². The number of guanidine groups is 1. The van der Waals surface area contributed by atoms with Crippen LogP contribution in [0.3, 0.4) is 0 Å². The Hall–Kier alpha value is -2.30. The average Bonchev–Trinajstić information content (AvgIpc) is 3.25. The summed E-state index contributed by atoms with van der Waals surface area (Å²) in [5.74, 6) is 2.00. The topological polar surface area (TPSA) is 45.5 Å². The van der Waals surface area contributed by atoms with Crippen molar-refractivity contribution in [2.75, 3.05) is 26.7 Å². The minimum atomic E-state index is 0.453. The summed E-state index contributed by atoms with van der Waals surface area (Å²) >= 11 is 0. The van der Waals surface area contributed by atoms with E-state index in [1.165, 1.54) is 16.7 Å². The Kier molecular flexibility index (Phi) is 5.41. The van der Waals surface area contributed by atoms with Gasteiger partial charge in [-0.05, 0) is 30.4 Å². The molecular formula is C20H29N5. The maximum atomic E-state index is 4.49. The zero-order chi connectivity index (χ0) is 17.8. The first-order valence-corrected chi connectivity index (χ1v) is 9.07. The van der Waals surface area contributed by atoms with Crippen LogP contribution in [0.4, 0.5) is 0 Å². The maximum Gasteiger partial charge on any atom is 0.193 e. The van der Waals surface area contributed by atoms with Gasteiger partial charge in [0.25, 0.3) is 0 Å². The molecule has 1 N–H and O–H groups in total. The van der Waals surface area contributed by atoms with E-state index < -0.39 is 0 Å². The van der Waals surface area contributed by atoms with Crippen LogP contribution in [0, 0.1) is 6.92 Å². The highest BCUT2D eigenvalue weighted by molar-refractivity contribution is 5.80. The molecule has 2 aromatic rings. The lowest BCUT2D eigenvalue weighted by Crippen LogP contribution is -2.41. The molecule has 0 radical (unpaired) electrons. The molecule has 5 heteroatoms. The number of likely N-dealkylation sites (tertiary alicyclic amines) is 1. The Labute approximate surface area is 150 Å². The normalized spacial score (nSPS) is 19.3. The molecular weight excluding hydrogens is 310 g/mol. The summed E-state index contributed by atoms with van der Waals surface area (Å²) in [5, 5.41) is 7.86. The van der Waals surface area contributed by atoms with E-state index in [0.29, 0.717) is 11.8 Å². The molecule has 2 unspecified atom stereocenters. The number of aliphatic imine (C=N–C) groups is 1. The smallest absolute Gasteiger partial charge is 0.193 e. The van der Waals surface area contributed by atoms with Crippen LogP contribution in [-0.4, -0.2) is 47.3 Å². The summed E-state index contributed by atoms with van der Waals surface area (Å²) in [6.07, 6.45) is 5.27. The van der Waals surface area contributed by atoms with Crippen molar-refractivity contribution in [2.24, 2.45) is 12.0 Å². The number of benzene rings is 1. The fourth-order valence-electron chi connectivity index (χ4n) is 3.47. The Morgan fingerprint density at radius 2 is 2.12 bits per heavy atom. The highest BCUT2D eigenvalue weighted by Gasteiger charge is 2.27. The molecule has 1 aliphatic heterocycles. The van der Waals surface area contributed by atoms with E-state index in [1.54, 1.807) is 0 Å². The summed E-state index contributed by atoms with van der Waals surface area (Å²) in [5.41, 5.74) is 4.00. The highest BCUT2D eigenvalue weighted by atomic mass is 15.3. The molecule has 1 saturated heterocycles. The van der Waals surface area contributed by atoms with Gasteiger partial charge < -0.3 is 10.2 Å². The third-order valence-electron chi connectivity index (χ3n) is 5.11. The van der Waals surface area contributed by atoms with Crippen LogP contribution < -0.4 is 5.32 Å². The van der Waals surface area contributed by atoms with E-state index in [0.717, 1.165) is 32.0 Å². The van der Waals surface area contributed by atoms with Crippen molar-refractivity contribution in [2.45, 2.75) is 32.1 Å². The second-order valence-electron chi connectivity index (χ2n) is 7.12. The van der Waals surface area contributed by atoms with Gasteiger partial charge in [0.15, 0.2) is 5.96 Å². The van der Waals surface area contributed by atoms with Crippen LogP contribution in [-0.2, 0) is 7.05 Å². The average molecular weight is 339 g/mol. The SMILES string of the molecule is CN=C(NCC(C)c1ccc(C)cc1)N1CCC(c2cnn(C)c2)C1. The predicted octanol–water partition coefficient (Wildman–Crippen LogP) is 2.90. The molecule has 0 aliphatic carbocycles. The Bertz CT molecular complexity index is 716. The number of aromatic nitrogens is 2. The van der Waals surface area contributed by atoms with Gasteiger partial charge in [0.1, 0.15) is 0 Å². The quantitative estimate of drug-likeness (QED) is 0.688. The molecule has 25 heavy (non-hydrogen) atoms. The lowest BCUT2D eigenvalue weighted by molar-refractivity contribution is 0.482. The first-order chi connectivity index (χ1) is 12.1. The van der Waals surface area contributed by atoms with Gasteiger partial charge in [-0.25, -0.2) is 0 Å². The molecule has 0 bridgehead atoms. The second-order valence-corrected chi connectivity index (χ2v) is 7.12. The standard InChI is InChI=1S/C20H29N5/c1-15-5-7-17(8-6-15)16(2)11-22-20(21-3)25-10-9-18(14-25)19-12-23-24(4)13-19/h5-8,12-13,16,18H,9-11,14H2,1-4H3,(H,21,22). The van der Waals surface area contributed by atoms with E-state index >= 15 is 0 Å². The zero-order valence-corrected chi connectivity index (χ0v) is 15.7. The summed E-state index contributed by atoms with van der Waals surface area (Å²) in [4.78, 5) is 6.85. The first kappa shape index (κ1) is 17.5. The molecule has 0 saturated carbocycles. The minimum Gasteiger partial charge on any atom is -0.356 e. The zero-order valence-electron chi connectivity index (χ0n) is 15.7. The molecule has 134 valence electrons. The van der Waals surface area contributed by atoms with Crippen molar-refractivity contribution >= 4 is 5.96 Å². The van der Waals surface area contributed by atoms with Crippen molar-refractivity contribution in [3.8, 4) is 0 Å². The lowest BCUT2D eigenvalue weighted by atomic mass is 10.0. The molecule has 2 heterocycles. The Balaban J connectivity index is 1.55. The monoisotopic (exact) mass is 339 g/mol. The number of hydrogen-bond donors (Lipinski definition) is 1. The number of nitrogens with zero attached hydrogens (tertiary/aromatic N) is 4. The predicted molar refractivity (Wildman–Crippen MR) is 103 cm³/mol. The molecule has 1 fully saturated rings. The van der Waals surface area contributed by atoms with Crippen LogP contribution in [0.1, 0.15) is 41.9 Å². The van der Waals surface area contributed by atoms with Gasteiger partial charge in [-0.3, -0.25) is 9.67 Å². The van der Waals surface area contributed by atoms with Crippen molar-refractivity contribution < 1.29 is 0 Å². The van der Waals surface area contributed by atoms with Gasteiger partial charge in [0.2, 0.25) is 0 Å². The molecule has 1 aliphatic rings. The largest absolute Gasteiger partial charge is 0.356 e. The molecule has 1 aromatic carbocycles. The van der Waals surface area contributed by atoms with Crippen molar-refractivity contribution in [3.63, 3.8) is 0 Å². The van der Waals surface area contributed by atoms with E-state index in [9.17, 15) is 0 Å². The van der Waals surface area contributed by atoms with Gasteiger partial charge in [0.05, 0.1) is 6.20 Å². The van der Waals surface area contributed by atoms with E-state index in [4.69, 9.17) is 0 Å². The van der Waals surface area contributed by atoms with Gasteiger partial charge in [-0.1, -0.05) is 36.8 Å². The number of rotatable bonds is 4. The van der Waals surface area contributed by atoms with Crippen molar-refractivity contribution in [3.05, 3.63) is 53.3 Å².